The molecule has 0 amide bonds. The summed E-state index contributed by atoms with van der Waals surface area (Å²) in [7, 11) is 1.76. The Kier molecular flexibility index (Phi) is 3.65. The van der Waals surface area contributed by atoms with E-state index in [1.54, 1.807) is 26.1 Å². The molecule has 1 aromatic rings. The summed E-state index contributed by atoms with van der Waals surface area (Å²) in [5.41, 5.74) is 2.64. The van der Waals surface area contributed by atoms with E-state index in [-0.39, 0.29) is 5.82 Å². The van der Waals surface area contributed by atoms with Gasteiger partial charge in [0.15, 0.2) is 0 Å². The molecule has 0 spiro atoms. The summed E-state index contributed by atoms with van der Waals surface area (Å²) in [4.78, 5) is 0. The van der Waals surface area contributed by atoms with Gasteiger partial charge in [0.05, 0.1) is 5.69 Å². The normalized spacial score (nSPS) is 15.4. The van der Waals surface area contributed by atoms with E-state index in [1.165, 1.54) is 6.07 Å². The molecule has 2 rings (SSSR count). The third-order valence-corrected chi connectivity index (χ3v) is 2.93. The van der Waals surface area contributed by atoms with Crippen LogP contribution in [-0.2, 0) is 0 Å². The zero-order chi connectivity index (χ0) is 13.1. The van der Waals surface area contributed by atoms with Crippen molar-refractivity contribution in [3.8, 4) is 0 Å². The van der Waals surface area contributed by atoms with E-state index in [4.69, 9.17) is 5.41 Å². The van der Waals surface area contributed by atoms with E-state index in [1.807, 2.05) is 6.07 Å². The summed E-state index contributed by atoms with van der Waals surface area (Å²) in [5, 5.41) is 13.5. The van der Waals surface area contributed by atoms with Crippen LogP contribution < -0.4 is 10.6 Å². The number of nitrogens with one attached hydrogen (secondary N) is 3. The molecule has 4 heteroatoms. The van der Waals surface area contributed by atoms with Gasteiger partial charge in [0.2, 0.25) is 0 Å². The Hall–Kier alpha value is -1.84. The first kappa shape index (κ1) is 12.6. The largest absolute Gasteiger partial charge is 0.388 e. The molecule has 3 N–H and O–H groups in total. The second-order valence-corrected chi connectivity index (χ2v) is 4.63. The lowest BCUT2D eigenvalue weighted by Crippen LogP contribution is -2.05. The minimum absolute atomic E-state index is 0.281. The first-order valence-corrected chi connectivity index (χ1v) is 6.11. The lowest BCUT2D eigenvalue weighted by atomic mass is 10.2. The molecular weight excluding hydrogens is 229 g/mol. The number of halogens is 1. The molecule has 0 bridgehead atoms. The van der Waals surface area contributed by atoms with Gasteiger partial charge in [-0.05, 0) is 50.0 Å². The van der Waals surface area contributed by atoms with E-state index in [2.05, 4.69) is 10.6 Å². The van der Waals surface area contributed by atoms with Gasteiger partial charge in [0.25, 0.3) is 0 Å². The van der Waals surface area contributed by atoms with E-state index in [0.29, 0.717) is 17.3 Å². The van der Waals surface area contributed by atoms with Crippen molar-refractivity contribution in [1.29, 1.82) is 5.41 Å². The quantitative estimate of drug-likeness (QED) is 0.696. The first-order valence-electron chi connectivity index (χ1n) is 6.11. The molecule has 1 fully saturated rings. The third-order valence-electron chi connectivity index (χ3n) is 2.93. The second kappa shape index (κ2) is 5.21. The lowest BCUT2D eigenvalue weighted by molar-refractivity contribution is 0.631. The van der Waals surface area contributed by atoms with Crippen LogP contribution in [0.1, 0.15) is 19.8 Å². The van der Waals surface area contributed by atoms with E-state index < -0.39 is 0 Å². The van der Waals surface area contributed by atoms with Gasteiger partial charge in [0.1, 0.15) is 5.82 Å². The number of hydrogen-bond acceptors (Lipinski definition) is 3. The summed E-state index contributed by atoms with van der Waals surface area (Å²) in [6.07, 6.45) is 4.01. The molecule has 1 aliphatic carbocycles. The van der Waals surface area contributed by atoms with Crippen LogP contribution in [0, 0.1) is 17.1 Å². The molecule has 18 heavy (non-hydrogen) atoms. The van der Waals surface area contributed by atoms with Crippen LogP contribution in [0.5, 0.6) is 0 Å². The van der Waals surface area contributed by atoms with Gasteiger partial charge >= 0.3 is 0 Å². The predicted molar refractivity (Wildman–Crippen MR) is 73.8 cm³/mol. The second-order valence-electron chi connectivity index (χ2n) is 4.63. The van der Waals surface area contributed by atoms with Gasteiger partial charge in [0, 0.05) is 24.1 Å². The molecule has 3 nitrogen and oxygen atoms in total. The highest BCUT2D eigenvalue weighted by Gasteiger charge is 2.26. The zero-order valence-corrected chi connectivity index (χ0v) is 10.7. The summed E-state index contributed by atoms with van der Waals surface area (Å²) >= 11 is 0. The van der Waals surface area contributed by atoms with E-state index in [9.17, 15) is 4.39 Å². The molecule has 1 aromatic carbocycles. The maximum absolute atomic E-state index is 13.8. The lowest BCUT2D eigenvalue weighted by Gasteiger charge is -2.12. The van der Waals surface area contributed by atoms with Crippen molar-refractivity contribution in [1.82, 2.24) is 0 Å². The predicted octanol–water partition coefficient (Wildman–Crippen LogP) is 3.61. The maximum Gasteiger partial charge on any atom is 0.148 e. The van der Waals surface area contributed by atoms with Gasteiger partial charge in [-0.15, -0.1) is 0 Å². The van der Waals surface area contributed by atoms with Crippen molar-refractivity contribution in [3.05, 3.63) is 35.8 Å². The van der Waals surface area contributed by atoms with Crippen molar-refractivity contribution in [2.75, 3.05) is 17.7 Å². The monoisotopic (exact) mass is 247 g/mol. The highest BCUT2D eigenvalue weighted by atomic mass is 19.1. The highest BCUT2D eigenvalue weighted by molar-refractivity contribution is 5.91. The molecule has 0 saturated heterocycles. The molecular formula is C14H18FN3. The average molecular weight is 247 g/mol. The van der Waals surface area contributed by atoms with Crippen LogP contribution in [0.25, 0.3) is 0 Å². The molecule has 0 aromatic heterocycles. The first-order chi connectivity index (χ1) is 8.60. The molecule has 1 aliphatic rings. The summed E-state index contributed by atoms with van der Waals surface area (Å²) in [5.74, 6) is 0.171. The van der Waals surface area contributed by atoms with Crippen LogP contribution in [-0.4, -0.2) is 12.8 Å². The minimum atomic E-state index is -0.281. The van der Waals surface area contributed by atoms with Gasteiger partial charge in [-0.1, -0.05) is 0 Å². The summed E-state index contributed by atoms with van der Waals surface area (Å²) in [6.45, 7) is 1.73. The van der Waals surface area contributed by atoms with Gasteiger partial charge in [-0.3, -0.25) is 0 Å². The molecule has 0 unspecified atom stereocenters. The van der Waals surface area contributed by atoms with Crippen molar-refractivity contribution < 1.29 is 4.39 Å². The maximum atomic E-state index is 13.8. The zero-order valence-electron chi connectivity index (χ0n) is 10.7. The van der Waals surface area contributed by atoms with Crippen LogP contribution in [0.4, 0.5) is 15.8 Å². The van der Waals surface area contributed by atoms with Gasteiger partial charge in [-0.25, -0.2) is 4.39 Å². The Morgan fingerprint density at radius 1 is 1.44 bits per heavy atom. The van der Waals surface area contributed by atoms with Crippen LogP contribution in [0.2, 0.25) is 0 Å². The highest BCUT2D eigenvalue weighted by Crippen LogP contribution is 2.37. The molecule has 1 saturated carbocycles. The number of allylic oxidation sites excluding steroid dienone is 2. The topological polar surface area (TPSA) is 47.9 Å². The Balaban J connectivity index is 2.19. The standard InChI is InChI=1S/C14H18FN3/c1-9(16)7-14(10-3-4-10)18-13-6-5-11(17-2)8-12(13)15/h5-8,10,16-18H,3-4H2,1-2H3/b14-7-,16-9?. The molecule has 0 heterocycles. The van der Waals surface area contributed by atoms with Gasteiger partial charge < -0.3 is 16.0 Å². The van der Waals surface area contributed by atoms with Crippen molar-refractivity contribution >= 4 is 17.1 Å². The van der Waals surface area contributed by atoms with E-state index in [0.717, 1.165) is 24.2 Å². The van der Waals surface area contributed by atoms with Crippen LogP contribution >= 0.6 is 0 Å². The Morgan fingerprint density at radius 3 is 2.67 bits per heavy atom. The molecule has 0 aliphatic heterocycles. The fraction of sp³-hybridized carbons (Fsp3) is 0.357. The fourth-order valence-corrected chi connectivity index (χ4v) is 1.81. The number of anilines is 2. The number of rotatable bonds is 5. The smallest absolute Gasteiger partial charge is 0.148 e. The number of hydrogen-bond donors (Lipinski definition) is 3. The van der Waals surface area contributed by atoms with Crippen molar-refractivity contribution in [2.24, 2.45) is 5.92 Å². The fourth-order valence-electron chi connectivity index (χ4n) is 1.81. The Morgan fingerprint density at radius 2 is 2.17 bits per heavy atom. The third kappa shape index (κ3) is 3.09. The minimum Gasteiger partial charge on any atom is -0.388 e. The summed E-state index contributed by atoms with van der Waals surface area (Å²) in [6, 6.07) is 5.01. The molecule has 0 atom stereocenters. The van der Waals surface area contributed by atoms with E-state index >= 15 is 0 Å². The Labute approximate surface area is 107 Å². The molecule has 96 valence electrons. The van der Waals surface area contributed by atoms with Crippen LogP contribution in [0.15, 0.2) is 30.0 Å². The number of benzene rings is 1. The SMILES string of the molecule is CNc1ccc(N/C(=C\C(C)=N)C2CC2)c(F)c1. The van der Waals surface area contributed by atoms with Crippen LogP contribution in [0.3, 0.4) is 0 Å². The van der Waals surface area contributed by atoms with Gasteiger partial charge in [-0.2, -0.15) is 0 Å². The molecule has 0 radical (unpaired) electrons. The average Bonchev–Trinajstić information content (AvgIpc) is 3.14. The summed E-state index contributed by atoms with van der Waals surface area (Å²) < 4.78 is 13.8. The Bertz CT molecular complexity index is 490. The van der Waals surface area contributed by atoms with Crippen molar-refractivity contribution in [2.45, 2.75) is 19.8 Å². The van der Waals surface area contributed by atoms with Crippen molar-refractivity contribution in [3.63, 3.8) is 0 Å².